The molecule has 2 aliphatic heterocycles. The van der Waals surface area contributed by atoms with Crippen LogP contribution >= 0.6 is 24.0 Å². The lowest BCUT2D eigenvalue weighted by Gasteiger charge is -2.23. The van der Waals surface area contributed by atoms with Crippen molar-refractivity contribution in [1.82, 2.24) is 4.90 Å². The van der Waals surface area contributed by atoms with E-state index < -0.39 is 0 Å². The average molecular weight is 380 g/mol. The van der Waals surface area contributed by atoms with Crippen LogP contribution in [-0.2, 0) is 9.59 Å². The van der Waals surface area contributed by atoms with Gasteiger partial charge >= 0.3 is 0 Å². The van der Waals surface area contributed by atoms with Crippen LogP contribution in [0, 0.1) is 0 Å². The number of hydrogen-bond acceptors (Lipinski definition) is 4. The van der Waals surface area contributed by atoms with Crippen LogP contribution < -0.4 is 4.90 Å². The zero-order valence-corrected chi connectivity index (χ0v) is 15.9. The van der Waals surface area contributed by atoms with E-state index in [-0.39, 0.29) is 17.9 Å². The van der Waals surface area contributed by atoms with Crippen molar-refractivity contribution < 1.29 is 9.59 Å². The first-order chi connectivity index (χ1) is 12.5. The number of amides is 2. The molecule has 0 bridgehead atoms. The summed E-state index contributed by atoms with van der Waals surface area (Å²) in [7, 11) is 1.72. The molecule has 0 spiro atoms. The summed E-state index contributed by atoms with van der Waals surface area (Å²) in [6, 6.07) is 17.1. The van der Waals surface area contributed by atoms with E-state index in [2.05, 4.69) is 0 Å². The number of rotatable bonds is 2. The van der Waals surface area contributed by atoms with Gasteiger partial charge in [0.15, 0.2) is 0 Å². The Labute approximate surface area is 161 Å². The molecule has 2 aromatic rings. The summed E-state index contributed by atoms with van der Waals surface area (Å²) in [5.74, 6) is -0.371. The van der Waals surface area contributed by atoms with Gasteiger partial charge in [0.2, 0.25) is 0 Å². The Hall–Kier alpha value is -2.44. The summed E-state index contributed by atoms with van der Waals surface area (Å²) in [6.45, 7) is 1.95. The topological polar surface area (TPSA) is 40.6 Å². The summed E-state index contributed by atoms with van der Waals surface area (Å²) in [5.41, 5.74) is 3.05. The first-order valence-electron chi connectivity index (χ1n) is 8.22. The SMILES string of the molecule is C[C@H](c1ccccc1)N1C(=O)/C(=C2/C(=O)N(C)c3ccccc32)SC1=S. The van der Waals surface area contributed by atoms with Crippen LogP contribution in [0.5, 0.6) is 0 Å². The third-order valence-corrected chi connectivity index (χ3v) is 6.15. The minimum Gasteiger partial charge on any atom is -0.311 e. The fourth-order valence-corrected chi connectivity index (χ4v) is 4.82. The van der Waals surface area contributed by atoms with Crippen molar-refractivity contribution in [2.24, 2.45) is 0 Å². The first-order valence-corrected chi connectivity index (χ1v) is 9.45. The smallest absolute Gasteiger partial charge is 0.267 e. The van der Waals surface area contributed by atoms with E-state index in [4.69, 9.17) is 12.2 Å². The van der Waals surface area contributed by atoms with Crippen LogP contribution in [0.2, 0.25) is 0 Å². The summed E-state index contributed by atoms with van der Waals surface area (Å²) in [5, 5.41) is 0. The van der Waals surface area contributed by atoms with Gasteiger partial charge in [-0.2, -0.15) is 0 Å². The number of thioether (sulfide) groups is 1. The van der Waals surface area contributed by atoms with Crippen LogP contribution in [0.15, 0.2) is 59.5 Å². The molecule has 1 atom stereocenters. The Morgan fingerprint density at radius 1 is 0.962 bits per heavy atom. The second-order valence-electron chi connectivity index (χ2n) is 6.22. The predicted octanol–water partition coefficient (Wildman–Crippen LogP) is 4.00. The Kier molecular flexibility index (Phi) is 4.17. The first kappa shape index (κ1) is 17.0. The van der Waals surface area contributed by atoms with Gasteiger partial charge in [-0.05, 0) is 18.6 Å². The van der Waals surface area contributed by atoms with Crippen LogP contribution in [0.4, 0.5) is 5.69 Å². The third kappa shape index (κ3) is 2.48. The normalized spacial score (nSPS) is 20.8. The predicted molar refractivity (Wildman–Crippen MR) is 109 cm³/mol. The number of carbonyl (C=O) groups is 2. The molecule has 0 aliphatic carbocycles. The Balaban J connectivity index is 1.79. The molecule has 130 valence electrons. The van der Waals surface area contributed by atoms with Crippen LogP contribution in [0.1, 0.15) is 24.1 Å². The maximum Gasteiger partial charge on any atom is 0.267 e. The Morgan fingerprint density at radius 2 is 1.62 bits per heavy atom. The quantitative estimate of drug-likeness (QED) is 0.583. The summed E-state index contributed by atoms with van der Waals surface area (Å²) in [4.78, 5) is 29.6. The van der Waals surface area contributed by atoms with Crippen molar-refractivity contribution in [3.8, 4) is 0 Å². The van der Waals surface area contributed by atoms with Crippen molar-refractivity contribution in [1.29, 1.82) is 0 Å². The van der Waals surface area contributed by atoms with Gasteiger partial charge in [-0.1, -0.05) is 72.5 Å². The van der Waals surface area contributed by atoms with Crippen molar-refractivity contribution in [2.75, 3.05) is 11.9 Å². The fourth-order valence-electron chi connectivity index (χ4n) is 3.33. The minimum absolute atomic E-state index is 0.168. The van der Waals surface area contributed by atoms with Gasteiger partial charge < -0.3 is 4.90 Å². The largest absolute Gasteiger partial charge is 0.311 e. The van der Waals surface area contributed by atoms with Gasteiger partial charge in [0.25, 0.3) is 11.8 Å². The molecule has 4 rings (SSSR count). The summed E-state index contributed by atoms with van der Waals surface area (Å²) >= 11 is 6.69. The lowest BCUT2D eigenvalue weighted by Crippen LogP contribution is -2.31. The Bertz CT molecular complexity index is 969. The van der Waals surface area contributed by atoms with Gasteiger partial charge in [-0.25, -0.2) is 0 Å². The Morgan fingerprint density at radius 3 is 2.35 bits per heavy atom. The van der Waals surface area contributed by atoms with E-state index in [1.54, 1.807) is 16.8 Å². The standard InChI is InChI=1S/C20H16N2O2S2/c1-12(13-8-4-3-5-9-13)22-19(24)17(26-20(22)25)16-14-10-6-7-11-15(14)21(2)18(16)23/h3-12H,1-2H3/b17-16-/t12-/m1/s1. The summed E-state index contributed by atoms with van der Waals surface area (Å²) in [6.07, 6.45) is 0. The van der Waals surface area contributed by atoms with E-state index >= 15 is 0 Å². The molecule has 4 nitrogen and oxygen atoms in total. The van der Waals surface area contributed by atoms with Gasteiger partial charge in [-0.15, -0.1) is 0 Å². The number of thiocarbonyl (C=S) groups is 1. The number of benzene rings is 2. The highest BCUT2D eigenvalue weighted by atomic mass is 32.2. The molecule has 0 unspecified atom stereocenters. The molecular formula is C20H16N2O2S2. The molecule has 2 aromatic carbocycles. The van der Waals surface area contributed by atoms with E-state index in [0.29, 0.717) is 14.8 Å². The van der Waals surface area contributed by atoms with Gasteiger partial charge in [0.05, 0.1) is 22.2 Å². The maximum absolute atomic E-state index is 13.2. The molecule has 0 N–H and O–H groups in total. The number of carbonyl (C=O) groups excluding carboxylic acids is 2. The minimum atomic E-state index is -0.204. The number of fused-ring (bicyclic) bond motifs is 1. The van der Waals surface area contributed by atoms with Gasteiger partial charge in [0, 0.05) is 12.6 Å². The zero-order valence-electron chi connectivity index (χ0n) is 14.3. The molecule has 1 saturated heterocycles. The van der Waals surface area contributed by atoms with E-state index in [1.165, 1.54) is 11.8 Å². The summed E-state index contributed by atoms with van der Waals surface area (Å²) < 4.78 is 0.480. The maximum atomic E-state index is 13.2. The van der Waals surface area contributed by atoms with E-state index in [9.17, 15) is 9.59 Å². The monoisotopic (exact) mass is 380 g/mol. The number of likely N-dealkylation sites (N-methyl/N-ethyl adjacent to an activating group) is 1. The lowest BCUT2D eigenvalue weighted by molar-refractivity contribution is -0.123. The molecule has 0 aromatic heterocycles. The molecule has 0 saturated carbocycles. The molecule has 2 heterocycles. The number of nitrogens with zero attached hydrogens (tertiary/aromatic N) is 2. The van der Waals surface area contributed by atoms with E-state index in [1.807, 2.05) is 61.5 Å². The van der Waals surface area contributed by atoms with Crippen molar-refractivity contribution in [3.63, 3.8) is 0 Å². The fraction of sp³-hybridized carbons (Fsp3) is 0.150. The second-order valence-corrected chi connectivity index (χ2v) is 7.86. The van der Waals surface area contributed by atoms with Crippen molar-refractivity contribution >= 4 is 51.4 Å². The van der Waals surface area contributed by atoms with Crippen LogP contribution in [0.3, 0.4) is 0 Å². The highest BCUT2D eigenvalue weighted by Gasteiger charge is 2.42. The lowest BCUT2D eigenvalue weighted by atomic mass is 10.1. The van der Waals surface area contributed by atoms with Crippen LogP contribution in [0.25, 0.3) is 5.57 Å². The molecule has 26 heavy (non-hydrogen) atoms. The van der Waals surface area contributed by atoms with Crippen molar-refractivity contribution in [3.05, 3.63) is 70.6 Å². The van der Waals surface area contributed by atoms with Gasteiger partial charge in [-0.3, -0.25) is 14.5 Å². The number of hydrogen-bond donors (Lipinski definition) is 0. The molecule has 6 heteroatoms. The molecule has 2 amide bonds. The van der Waals surface area contributed by atoms with Gasteiger partial charge in [0.1, 0.15) is 4.32 Å². The highest BCUT2D eigenvalue weighted by Crippen LogP contribution is 2.45. The van der Waals surface area contributed by atoms with E-state index in [0.717, 1.165) is 16.8 Å². The third-order valence-electron chi connectivity index (χ3n) is 4.75. The molecule has 2 aliphatic rings. The second kappa shape index (κ2) is 6.37. The molecular weight excluding hydrogens is 364 g/mol. The van der Waals surface area contributed by atoms with Crippen molar-refractivity contribution in [2.45, 2.75) is 13.0 Å². The number of para-hydroxylation sites is 1. The average Bonchev–Trinajstić information content (AvgIpc) is 3.09. The number of anilines is 1. The highest BCUT2D eigenvalue weighted by molar-refractivity contribution is 8.26. The zero-order chi connectivity index (χ0) is 18.4. The molecule has 1 fully saturated rings. The van der Waals surface area contributed by atoms with Crippen LogP contribution in [-0.4, -0.2) is 28.1 Å². The molecule has 0 radical (unpaired) electrons.